The van der Waals surface area contributed by atoms with E-state index in [0.29, 0.717) is 36.3 Å². The number of halogens is 1. The van der Waals surface area contributed by atoms with E-state index in [0.717, 1.165) is 22.7 Å². The van der Waals surface area contributed by atoms with Gasteiger partial charge in [0.1, 0.15) is 15.6 Å². The maximum absolute atomic E-state index is 12.0. The van der Waals surface area contributed by atoms with Crippen molar-refractivity contribution >= 4 is 47.2 Å². The van der Waals surface area contributed by atoms with Crippen LogP contribution in [-0.2, 0) is 11.2 Å². The van der Waals surface area contributed by atoms with E-state index in [9.17, 15) is 4.79 Å². The van der Waals surface area contributed by atoms with E-state index in [1.165, 1.54) is 11.3 Å². The summed E-state index contributed by atoms with van der Waals surface area (Å²) in [5.74, 6) is 1.27. The van der Waals surface area contributed by atoms with E-state index in [-0.39, 0.29) is 36.0 Å². The highest BCUT2D eigenvalue weighted by Gasteiger charge is 2.20. The summed E-state index contributed by atoms with van der Waals surface area (Å²) < 4.78 is 10.8. The topological polar surface area (TPSA) is 84.8 Å². The summed E-state index contributed by atoms with van der Waals surface area (Å²) in [5.41, 5.74) is 1.84. The Balaban J connectivity index is 0.00000450. The van der Waals surface area contributed by atoms with Gasteiger partial charge in [-0.15, -0.1) is 35.3 Å². The molecule has 7 nitrogen and oxygen atoms in total. The van der Waals surface area contributed by atoms with Gasteiger partial charge in [0.25, 0.3) is 0 Å². The zero-order chi connectivity index (χ0) is 21.2. The zero-order valence-corrected chi connectivity index (χ0v) is 21.3. The standard InChI is InChI=1S/C21H30N4O3S.HI/c1-6-27-17-11-9-8-10-16(17)12-13-23-21(22-5)25-15(4)19-24-14(3)18(29-19)20(26)28-7-2;/h8-11,15H,6-7,12-13H2,1-5H3,(H2,22,23,25);1H. The van der Waals surface area contributed by atoms with Crippen LogP contribution in [0, 0.1) is 6.92 Å². The number of aryl methyl sites for hydroxylation is 1. The first-order valence-electron chi connectivity index (χ1n) is 9.82. The number of para-hydroxylation sites is 1. The number of rotatable bonds is 9. The van der Waals surface area contributed by atoms with Gasteiger partial charge in [0, 0.05) is 13.6 Å². The summed E-state index contributed by atoms with van der Waals surface area (Å²) in [6.45, 7) is 9.29. The molecule has 0 bridgehead atoms. The zero-order valence-electron chi connectivity index (χ0n) is 18.2. The van der Waals surface area contributed by atoms with Crippen molar-refractivity contribution in [1.29, 1.82) is 0 Å². The first kappa shape index (κ1) is 26.2. The Morgan fingerprint density at radius 3 is 2.67 bits per heavy atom. The Hall–Kier alpha value is -1.88. The molecule has 0 saturated carbocycles. The van der Waals surface area contributed by atoms with Gasteiger partial charge in [0.15, 0.2) is 5.96 Å². The molecule has 1 heterocycles. The Kier molecular flexibility index (Phi) is 11.7. The summed E-state index contributed by atoms with van der Waals surface area (Å²) in [4.78, 5) is 21.4. The highest BCUT2D eigenvalue weighted by atomic mass is 127. The fourth-order valence-corrected chi connectivity index (χ4v) is 3.74. The fraction of sp³-hybridized carbons (Fsp3) is 0.476. The molecule has 1 aromatic carbocycles. The number of carbonyl (C=O) groups excluding carboxylic acids is 1. The lowest BCUT2D eigenvalue weighted by atomic mass is 10.1. The Morgan fingerprint density at radius 2 is 2.00 bits per heavy atom. The maximum Gasteiger partial charge on any atom is 0.350 e. The number of nitrogens with one attached hydrogen (secondary N) is 2. The van der Waals surface area contributed by atoms with E-state index >= 15 is 0 Å². The lowest BCUT2D eigenvalue weighted by molar-refractivity contribution is 0.0531. The number of carbonyl (C=O) groups is 1. The first-order chi connectivity index (χ1) is 14.0. The molecule has 1 atom stereocenters. The molecule has 0 fully saturated rings. The molecular formula is C21H31IN4O3S. The van der Waals surface area contributed by atoms with Crippen LogP contribution in [0.1, 0.15) is 52.7 Å². The van der Waals surface area contributed by atoms with Crippen LogP contribution < -0.4 is 15.4 Å². The highest BCUT2D eigenvalue weighted by molar-refractivity contribution is 14.0. The predicted molar refractivity (Wildman–Crippen MR) is 132 cm³/mol. The van der Waals surface area contributed by atoms with Gasteiger partial charge in [-0.3, -0.25) is 4.99 Å². The molecule has 2 aromatic rings. The van der Waals surface area contributed by atoms with Gasteiger partial charge in [0.2, 0.25) is 0 Å². The molecule has 0 aliphatic rings. The summed E-state index contributed by atoms with van der Waals surface area (Å²) in [6.07, 6.45) is 0.814. The van der Waals surface area contributed by atoms with Crippen LogP contribution >= 0.6 is 35.3 Å². The van der Waals surface area contributed by atoms with Crippen LogP contribution in [-0.4, -0.2) is 43.7 Å². The molecule has 0 aliphatic heterocycles. The summed E-state index contributed by atoms with van der Waals surface area (Å²) in [5, 5.41) is 7.46. The number of hydrogen-bond donors (Lipinski definition) is 2. The molecule has 0 amide bonds. The third-order valence-corrected chi connectivity index (χ3v) is 5.50. The van der Waals surface area contributed by atoms with Crippen molar-refractivity contribution in [3.8, 4) is 5.75 Å². The Bertz CT molecular complexity index is 841. The maximum atomic E-state index is 12.0. The minimum absolute atomic E-state index is 0. The van der Waals surface area contributed by atoms with Crippen molar-refractivity contribution in [3.05, 3.63) is 45.4 Å². The summed E-state index contributed by atoms with van der Waals surface area (Å²) in [6, 6.07) is 7.95. The number of hydrogen-bond acceptors (Lipinski definition) is 6. The van der Waals surface area contributed by atoms with Gasteiger partial charge < -0.3 is 20.1 Å². The smallest absolute Gasteiger partial charge is 0.350 e. The number of esters is 1. The molecule has 0 aliphatic carbocycles. The van der Waals surface area contributed by atoms with Crippen molar-refractivity contribution in [3.63, 3.8) is 0 Å². The third kappa shape index (κ3) is 7.42. The summed E-state index contributed by atoms with van der Waals surface area (Å²) in [7, 11) is 1.73. The average Bonchev–Trinajstić information content (AvgIpc) is 3.10. The minimum atomic E-state index is -0.323. The van der Waals surface area contributed by atoms with Gasteiger partial charge in [-0.05, 0) is 45.7 Å². The van der Waals surface area contributed by atoms with E-state index in [4.69, 9.17) is 9.47 Å². The summed E-state index contributed by atoms with van der Waals surface area (Å²) >= 11 is 1.35. The molecule has 1 aromatic heterocycles. The number of guanidine groups is 1. The first-order valence-corrected chi connectivity index (χ1v) is 10.6. The molecule has 1 unspecified atom stereocenters. The van der Waals surface area contributed by atoms with Crippen LogP contribution in [0.15, 0.2) is 29.3 Å². The van der Waals surface area contributed by atoms with Crippen molar-refractivity contribution in [2.45, 2.75) is 40.2 Å². The van der Waals surface area contributed by atoms with Crippen LogP contribution in [0.5, 0.6) is 5.75 Å². The van der Waals surface area contributed by atoms with Crippen LogP contribution in [0.3, 0.4) is 0 Å². The molecule has 0 saturated heterocycles. The molecule has 0 radical (unpaired) electrons. The van der Waals surface area contributed by atoms with Crippen molar-refractivity contribution < 1.29 is 14.3 Å². The lowest BCUT2D eigenvalue weighted by Gasteiger charge is -2.17. The number of aromatic nitrogens is 1. The van der Waals surface area contributed by atoms with Gasteiger partial charge in [-0.2, -0.15) is 0 Å². The molecule has 166 valence electrons. The van der Waals surface area contributed by atoms with Crippen LogP contribution in [0.2, 0.25) is 0 Å². The SMILES string of the molecule is CCOC(=O)c1sc(C(C)NC(=NC)NCCc2ccccc2OCC)nc1C.I. The van der Waals surface area contributed by atoms with Gasteiger partial charge in [-0.25, -0.2) is 9.78 Å². The molecule has 0 spiro atoms. The normalized spacial score (nSPS) is 12.0. The molecule has 2 N–H and O–H groups in total. The van der Waals surface area contributed by atoms with Gasteiger partial charge in [-0.1, -0.05) is 18.2 Å². The predicted octanol–water partition coefficient (Wildman–Crippen LogP) is 4.11. The monoisotopic (exact) mass is 546 g/mol. The second-order valence-corrected chi connectivity index (χ2v) is 7.37. The van der Waals surface area contributed by atoms with E-state index in [2.05, 4.69) is 26.7 Å². The molecule has 30 heavy (non-hydrogen) atoms. The number of nitrogens with zero attached hydrogens (tertiary/aromatic N) is 2. The molecule has 9 heteroatoms. The quantitative estimate of drug-likeness (QED) is 0.213. The van der Waals surface area contributed by atoms with Crippen LogP contribution in [0.4, 0.5) is 0 Å². The number of thiazole rings is 1. The average molecular weight is 546 g/mol. The van der Waals surface area contributed by atoms with Crippen LogP contribution in [0.25, 0.3) is 0 Å². The number of ether oxygens (including phenoxy) is 2. The Morgan fingerprint density at radius 1 is 1.27 bits per heavy atom. The van der Waals surface area contributed by atoms with Crippen molar-refractivity contribution in [2.75, 3.05) is 26.8 Å². The van der Waals surface area contributed by atoms with Gasteiger partial charge in [0.05, 0.1) is 24.9 Å². The van der Waals surface area contributed by atoms with E-state index in [1.807, 2.05) is 39.0 Å². The number of benzene rings is 1. The fourth-order valence-electron chi connectivity index (χ4n) is 2.77. The Labute approximate surface area is 199 Å². The van der Waals surface area contributed by atoms with Crippen molar-refractivity contribution in [1.82, 2.24) is 15.6 Å². The largest absolute Gasteiger partial charge is 0.494 e. The second-order valence-electron chi connectivity index (χ2n) is 6.34. The van der Waals surface area contributed by atoms with Crippen molar-refractivity contribution in [2.24, 2.45) is 4.99 Å². The molecular weight excluding hydrogens is 515 g/mol. The minimum Gasteiger partial charge on any atom is -0.494 e. The van der Waals surface area contributed by atoms with E-state index in [1.54, 1.807) is 14.0 Å². The second kappa shape index (κ2) is 13.4. The number of aliphatic imine (C=N–C) groups is 1. The highest BCUT2D eigenvalue weighted by Crippen LogP contribution is 2.24. The van der Waals surface area contributed by atoms with Gasteiger partial charge >= 0.3 is 5.97 Å². The lowest BCUT2D eigenvalue weighted by Crippen LogP contribution is -2.39. The van der Waals surface area contributed by atoms with E-state index < -0.39 is 0 Å². The molecule has 2 rings (SSSR count). The third-order valence-electron chi connectivity index (χ3n) is 4.18.